The molecule has 6 heteroatoms. The van der Waals surface area contributed by atoms with Crippen LogP contribution in [0.15, 0.2) is 59.4 Å². The summed E-state index contributed by atoms with van der Waals surface area (Å²) < 4.78 is 0. The van der Waals surface area contributed by atoms with Gasteiger partial charge in [0.1, 0.15) is 0 Å². The summed E-state index contributed by atoms with van der Waals surface area (Å²) in [6.07, 6.45) is 4.65. The highest BCUT2D eigenvalue weighted by molar-refractivity contribution is 7.98. The third-order valence-corrected chi connectivity index (χ3v) is 7.34. The number of nitrogens with zero attached hydrogens (tertiary/aromatic N) is 1. The number of H-pyrrole nitrogens is 1. The Balaban J connectivity index is 1.21. The van der Waals surface area contributed by atoms with Gasteiger partial charge in [0.15, 0.2) is 0 Å². The Hall–Kier alpha value is -2.83. The quantitative estimate of drug-likeness (QED) is 0.610. The van der Waals surface area contributed by atoms with E-state index in [4.69, 9.17) is 0 Å². The number of thioether (sulfide) groups is 1. The van der Waals surface area contributed by atoms with Crippen molar-refractivity contribution in [3.05, 3.63) is 81.7 Å². The van der Waals surface area contributed by atoms with Crippen LogP contribution in [-0.4, -0.2) is 41.2 Å². The molecule has 0 spiro atoms. The zero-order valence-electron chi connectivity index (χ0n) is 18.0. The van der Waals surface area contributed by atoms with E-state index < -0.39 is 0 Å². The number of hydrogen-bond donors (Lipinski definition) is 2. The van der Waals surface area contributed by atoms with E-state index in [2.05, 4.69) is 45.5 Å². The summed E-state index contributed by atoms with van der Waals surface area (Å²) in [5.74, 6) is 1.81. The van der Waals surface area contributed by atoms with Crippen molar-refractivity contribution in [1.29, 1.82) is 0 Å². The molecule has 0 fully saturated rings. The van der Waals surface area contributed by atoms with Gasteiger partial charge < -0.3 is 10.3 Å². The number of nitrogens with one attached hydrogen (secondary N) is 2. The van der Waals surface area contributed by atoms with Crippen LogP contribution in [0.3, 0.4) is 0 Å². The van der Waals surface area contributed by atoms with Gasteiger partial charge in [0.05, 0.1) is 0 Å². The van der Waals surface area contributed by atoms with Gasteiger partial charge in [0.2, 0.25) is 5.91 Å². The maximum Gasteiger partial charge on any atom is 0.252 e. The molecule has 0 radical (unpaired) electrons. The molecule has 1 amide bonds. The van der Waals surface area contributed by atoms with Crippen molar-refractivity contribution in [2.75, 3.05) is 30.7 Å². The van der Waals surface area contributed by atoms with Crippen molar-refractivity contribution in [2.24, 2.45) is 0 Å². The Morgan fingerprint density at radius 1 is 1.09 bits per heavy atom. The molecule has 3 heterocycles. The Morgan fingerprint density at radius 3 is 2.78 bits per heavy atom. The topological polar surface area (TPSA) is 65.2 Å². The molecule has 164 valence electrons. The van der Waals surface area contributed by atoms with Gasteiger partial charge in [0, 0.05) is 54.0 Å². The fraction of sp³-hybridized carbons (Fsp3) is 0.308. The molecule has 2 aliphatic rings. The monoisotopic (exact) mass is 445 g/mol. The van der Waals surface area contributed by atoms with Crippen LogP contribution in [0.1, 0.15) is 29.5 Å². The third kappa shape index (κ3) is 4.52. The number of anilines is 1. The fourth-order valence-electron chi connectivity index (χ4n) is 4.58. The number of rotatable bonds is 5. The number of aromatic nitrogens is 1. The number of hydrogen-bond acceptors (Lipinski definition) is 4. The van der Waals surface area contributed by atoms with Gasteiger partial charge in [-0.05, 0) is 53.5 Å². The first-order valence-corrected chi connectivity index (χ1v) is 12.3. The van der Waals surface area contributed by atoms with Gasteiger partial charge in [-0.25, -0.2) is 0 Å². The molecule has 0 unspecified atom stereocenters. The summed E-state index contributed by atoms with van der Waals surface area (Å²) in [5, 5.41) is 4.10. The van der Waals surface area contributed by atoms with Gasteiger partial charge in [-0.2, -0.15) is 11.8 Å². The van der Waals surface area contributed by atoms with E-state index in [1.54, 1.807) is 11.8 Å². The van der Waals surface area contributed by atoms with Crippen LogP contribution in [0, 0.1) is 0 Å². The molecule has 0 saturated heterocycles. The van der Waals surface area contributed by atoms with Gasteiger partial charge in [-0.3, -0.25) is 14.5 Å². The Morgan fingerprint density at radius 2 is 1.97 bits per heavy atom. The van der Waals surface area contributed by atoms with Crippen LogP contribution in [0.2, 0.25) is 0 Å². The minimum atomic E-state index is 0.0162. The zero-order chi connectivity index (χ0) is 21.9. The zero-order valence-corrected chi connectivity index (χ0v) is 18.8. The second-order valence-electron chi connectivity index (χ2n) is 8.42. The summed E-state index contributed by atoms with van der Waals surface area (Å²) in [4.78, 5) is 30.2. The van der Waals surface area contributed by atoms with E-state index in [1.807, 2.05) is 24.3 Å². The van der Waals surface area contributed by atoms with E-state index in [9.17, 15) is 9.59 Å². The lowest BCUT2D eigenvalue weighted by Crippen LogP contribution is -2.31. The molecule has 0 saturated carbocycles. The average molecular weight is 446 g/mol. The first-order chi connectivity index (χ1) is 15.7. The van der Waals surface area contributed by atoms with Crippen LogP contribution in [0.5, 0.6) is 0 Å². The number of fused-ring (bicyclic) bond motifs is 3. The van der Waals surface area contributed by atoms with Gasteiger partial charge >= 0.3 is 0 Å². The highest BCUT2D eigenvalue weighted by atomic mass is 32.2. The number of amides is 1. The molecule has 3 aromatic rings. The first-order valence-electron chi connectivity index (χ1n) is 11.2. The predicted molar refractivity (Wildman–Crippen MR) is 133 cm³/mol. The fourth-order valence-corrected chi connectivity index (χ4v) is 5.58. The molecule has 2 aromatic carbocycles. The van der Waals surface area contributed by atoms with Crippen molar-refractivity contribution in [3.8, 4) is 0 Å². The van der Waals surface area contributed by atoms with Crippen LogP contribution in [0.4, 0.5) is 5.69 Å². The van der Waals surface area contributed by atoms with E-state index >= 15 is 0 Å². The van der Waals surface area contributed by atoms with Crippen LogP contribution in [-0.2, 0) is 17.0 Å². The minimum Gasteiger partial charge on any atom is -0.326 e. The van der Waals surface area contributed by atoms with E-state index in [0.29, 0.717) is 6.42 Å². The third-order valence-electron chi connectivity index (χ3n) is 6.35. The normalized spacial score (nSPS) is 16.4. The molecule has 32 heavy (non-hydrogen) atoms. The lowest BCUT2D eigenvalue weighted by atomic mass is 9.99. The second-order valence-corrected chi connectivity index (χ2v) is 9.52. The van der Waals surface area contributed by atoms with Crippen LogP contribution < -0.4 is 10.9 Å². The lowest BCUT2D eigenvalue weighted by molar-refractivity contribution is -0.116. The maximum atomic E-state index is 12.6. The molecule has 5 nitrogen and oxygen atoms in total. The first kappa shape index (κ1) is 21.0. The maximum absolute atomic E-state index is 12.6. The number of carbonyl (C=O) groups is 1. The van der Waals surface area contributed by atoms with Crippen molar-refractivity contribution in [3.63, 3.8) is 0 Å². The van der Waals surface area contributed by atoms with Crippen LogP contribution >= 0.6 is 11.8 Å². The lowest BCUT2D eigenvalue weighted by Gasteiger charge is -2.26. The Kier molecular flexibility index (Phi) is 6.14. The summed E-state index contributed by atoms with van der Waals surface area (Å²) >= 11 is 1.80. The standard InChI is InChI=1S/C26H27N3O2S/c30-25(10-14-29-12-8-19(9-13-29)18-4-2-1-3-5-18)27-20-6-7-24-22(16-20)21-11-15-32-17-23(21)26(31)28-24/h1-8,16H,9-15,17H2,(H,27,30)(H,28,31). The number of aryl methyl sites for hydroxylation is 1. The van der Waals surface area contributed by atoms with E-state index in [-0.39, 0.29) is 11.5 Å². The smallest absolute Gasteiger partial charge is 0.252 e. The highest BCUT2D eigenvalue weighted by Crippen LogP contribution is 2.29. The van der Waals surface area contributed by atoms with Crippen molar-refractivity contribution < 1.29 is 4.79 Å². The summed E-state index contributed by atoms with van der Waals surface area (Å²) in [7, 11) is 0. The van der Waals surface area contributed by atoms with E-state index in [1.165, 1.54) is 11.1 Å². The molecule has 0 atom stereocenters. The summed E-state index contributed by atoms with van der Waals surface area (Å²) in [6.45, 7) is 2.60. The number of carbonyl (C=O) groups excluding carboxylic acids is 1. The van der Waals surface area contributed by atoms with Gasteiger partial charge in [0.25, 0.3) is 5.56 Å². The number of aromatic amines is 1. The largest absolute Gasteiger partial charge is 0.326 e. The van der Waals surface area contributed by atoms with E-state index in [0.717, 1.165) is 71.7 Å². The number of pyridine rings is 1. The summed E-state index contributed by atoms with van der Waals surface area (Å²) in [5.41, 5.74) is 6.35. The Bertz CT molecular complexity index is 1230. The Labute approximate surface area is 191 Å². The molecule has 2 N–H and O–H groups in total. The molecule has 5 rings (SSSR count). The van der Waals surface area contributed by atoms with Crippen molar-refractivity contribution in [1.82, 2.24) is 9.88 Å². The van der Waals surface area contributed by atoms with Gasteiger partial charge in [-0.1, -0.05) is 36.4 Å². The second kappa shape index (κ2) is 9.35. The molecule has 0 bridgehead atoms. The van der Waals surface area contributed by atoms with Crippen LogP contribution in [0.25, 0.3) is 16.5 Å². The SMILES string of the molecule is O=C(CCN1CC=C(c2ccccc2)CC1)Nc1ccc2[nH]c(=O)c3c(c2c1)CCSC3. The average Bonchev–Trinajstić information content (AvgIpc) is 2.84. The molecular formula is C26H27N3O2S. The van der Waals surface area contributed by atoms with Crippen molar-refractivity contribution >= 4 is 39.8 Å². The van der Waals surface area contributed by atoms with Gasteiger partial charge in [-0.15, -0.1) is 0 Å². The summed E-state index contributed by atoms with van der Waals surface area (Å²) in [6, 6.07) is 16.3. The molecule has 0 aliphatic carbocycles. The highest BCUT2D eigenvalue weighted by Gasteiger charge is 2.18. The molecule has 2 aliphatic heterocycles. The predicted octanol–water partition coefficient (Wildman–Crippen LogP) is 4.44. The van der Waals surface area contributed by atoms with Crippen molar-refractivity contribution in [2.45, 2.75) is 25.0 Å². The minimum absolute atomic E-state index is 0.0162. The molecule has 1 aromatic heterocycles. The number of benzene rings is 2. The molecular weight excluding hydrogens is 418 g/mol.